The van der Waals surface area contributed by atoms with Crippen molar-refractivity contribution >= 4 is 11.8 Å². The molecule has 0 saturated heterocycles. The van der Waals surface area contributed by atoms with Crippen LogP contribution in [0.1, 0.15) is 12.0 Å². The lowest BCUT2D eigenvalue weighted by molar-refractivity contribution is 0.818. The molecule has 0 radical (unpaired) electrons. The fourth-order valence-electron chi connectivity index (χ4n) is 0.917. The van der Waals surface area contributed by atoms with Crippen LogP contribution in [0.2, 0.25) is 0 Å². The van der Waals surface area contributed by atoms with Gasteiger partial charge >= 0.3 is 0 Å². The molecule has 0 saturated carbocycles. The van der Waals surface area contributed by atoms with Crippen LogP contribution in [0.4, 0.5) is 0 Å². The fourth-order valence-corrected chi connectivity index (χ4v) is 1.27. The van der Waals surface area contributed by atoms with Crippen molar-refractivity contribution in [3.8, 4) is 11.8 Å². The van der Waals surface area contributed by atoms with Crippen molar-refractivity contribution < 1.29 is 0 Å². The van der Waals surface area contributed by atoms with Crippen LogP contribution in [0.5, 0.6) is 0 Å². The van der Waals surface area contributed by atoms with Crippen LogP contribution >= 0.6 is 11.8 Å². The van der Waals surface area contributed by atoms with Crippen LogP contribution < -0.4 is 10.9 Å². The van der Waals surface area contributed by atoms with E-state index in [-0.39, 0.29) is 5.56 Å². The van der Waals surface area contributed by atoms with Gasteiger partial charge in [0, 0.05) is 13.0 Å². The molecule has 0 atom stereocenters. The summed E-state index contributed by atoms with van der Waals surface area (Å²) in [6.45, 7) is 0.821. The fraction of sp³-hybridized carbons (Fsp3) is 0.400. The molecule has 1 rings (SSSR count). The standard InChI is InChI=1S/C10H13N3OS/c1-11-6-4-3-5-8-7-12-10(15-2)13-9(8)14/h7,11H,4,6H2,1-2H3,(H,12,13,14). The SMILES string of the molecule is CNCCC#Cc1cnc(SC)[nH]c1=O. The topological polar surface area (TPSA) is 57.8 Å². The van der Waals surface area contributed by atoms with E-state index in [0.29, 0.717) is 10.7 Å². The number of hydrogen-bond acceptors (Lipinski definition) is 4. The van der Waals surface area contributed by atoms with Gasteiger partial charge in [-0.1, -0.05) is 23.6 Å². The third-order valence-electron chi connectivity index (χ3n) is 1.69. The second kappa shape index (κ2) is 6.27. The highest BCUT2D eigenvalue weighted by Crippen LogP contribution is 2.03. The quantitative estimate of drug-likeness (QED) is 0.338. The smallest absolute Gasteiger partial charge is 0.267 e. The first-order valence-electron chi connectivity index (χ1n) is 4.54. The average molecular weight is 223 g/mol. The van der Waals surface area contributed by atoms with E-state index in [1.807, 2.05) is 13.3 Å². The normalized spacial score (nSPS) is 9.47. The average Bonchev–Trinajstić information content (AvgIpc) is 2.26. The number of aromatic amines is 1. The molecule has 80 valence electrons. The third-order valence-corrected chi connectivity index (χ3v) is 2.29. The first-order chi connectivity index (χ1) is 7.27. The molecule has 0 bridgehead atoms. The summed E-state index contributed by atoms with van der Waals surface area (Å²) in [6, 6.07) is 0. The molecular weight excluding hydrogens is 210 g/mol. The Morgan fingerprint density at radius 3 is 3.07 bits per heavy atom. The van der Waals surface area contributed by atoms with Gasteiger partial charge in [-0.3, -0.25) is 4.79 Å². The van der Waals surface area contributed by atoms with E-state index in [9.17, 15) is 4.79 Å². The molecule has 0 aromatic carbocycles. The Labute approximate surface area is 92.9 Å². The molecule has 0 aliphatic carbocycles. The van der Waals surface area contributed by atoms with Crippen molar-refractivity contribution in [3.05, 3.63) is 22.1 Å². The summed E-state index contributed by atoms with van der Waals surface area (Å²) in [5.74, 6) is 5.70. The third kappa shape index (κ3) is 3.78. The molecule has 2 N–H and O–H groups in total. The van der Waals surface area contributed by atoms with Crippen LogP contribution in [0.15, 0.2) is 16.1 Å². The summed E-state index contributed by atoms with van der Waals surface area (Å²) in [4.78, 5) is 18.1. The number of rotatable bonds is 3. The van der Waals surface area contributed by atoms with Gasteiger partial charge in [0.1, 0.15) is 5.56 Å². The summed E-state index contributed by atoms with van der Waals surface area (Å²) in [7, 11) is 1.86. The van der Waals surface area contributed by atoms with Crippen LogP contribution in [0.3, 0.4) is 0 Å². The van der Waals surface area contributed by atoms with Crippen LogP contribution in [-0.2, 0) is 0 Å². The number of hydrogen-bond donors (Lipinski definition) is 2. The minimum atomic E-state index is -0.175. The first kappa shape index (κ1) is 11.8. The van der Waals surface area contributed by atoms with Gasteiger partial charge in [-0.15, -0.1) is 0 Å². The van der Waals surface area contributed by atoms with Crippen molar-refractivity contribution in [2.75, 3.05) is 19.8 Å². The molecule has 0 amide bonds. The minimum Gasteiger partial charge on any atom is -0.319 e. The maximum absolute atomic E-state index is 11.4. The van der Waals surface area contributed by atoms with Gasteiger partial charge in [0.2, 0.25) is 0 Å². The first-order valence-corrected chi connectivity index (χ1v) is 5.77. The number of thioether (sulfide) groups is 1. The van der Waals surface area contributed by atoms with Crippen molar-refractivity contribution in [2.45, 2.75) is 11.6 Å². The lowest BCUT2D eigenvalue weighted by Gasteiger charge is -1.94. The molecule has 1 heterocycles. The molecule has 1 aromatic rings. The van der Waals surface area contributed by atoms with Crippen LogP contribution in [0, 0.1) is 11.8 Å². The highest BCUT2D eigenvalue weighted by atomic mass is 32.2. The minimum absolute atomic E-state index is 0.175. The Morgan fingerprint density at radius 2 is 2.47 bits per heavy atom. The maximum atomic E-state index is 11.4. The van der Waals surface area contributed by atoms with E-state index in [1.165, 1.54) is 18.0 Å². The highest BCUT2D eigenvalue weighted by Gasteiger charge is 1.97. The van der Waals surface area contributed by atoms with Gasteiger partial charge < -0.3 is 10.3 Å². The molecule has 0 aliphatic rings. The van der Waals surface area contributed by atoms with Crippen molar-refractivity contribution in [2.24, 2.45) is 0 Å². The zero-order valence-electron chi connectivity index (χ0n) is 8.76. The Kier molecular flexibility index (Phi) is 4.95. The van der Waals surface area contributed by atoms with Crippen molar-refractivity contribution in [1.82, 2.24) is 15.3 Å². The number of nitrogens with zero attached hydrogens (tertiary/aromatic N) is 1. The monoisotopic (exact) mass is 223 g/mol. The molecule has 5 heteroatoms. The molecule has 0 fully saturated rings. The van der Waals surface area contributed by atoms with E-state index in [0.717, 1.165) is 13.0 Å². The summed E-state index contributed by atoms with van der Waals surface area (Å²) >= 11 is 1.40. The van der Waals surface area contributed by atoms with Gasteiger partial charge in [-0.2, -0.15) is 0 Å². The molecule has 15 heavy (non-hydrogen) atoms. The van der Waals surface area contributed by atoms with E-state index < -0.39 is 0 Å². The predicted octanol–water partition coefficient (Wildman–Crippen LogP) is 0.453. The summed E-state index contributed by atoms with van der Waals surface area (Å²) < 4.78 is 0. The molecule has 0 unspecified atom stereocenters. The van der Waals surface area contributed by atoms with Crippen LogP contribution in [-0.4, -0.2) is 29.8 Å². The van der Waals surface area contributed by atoms with E-state index in [4.69, 9.17) is 0 Å². The van der Waals surface area contributed by atoms with E-state index >= 15 is 0 Å². The van der Waals surface area contributed by atoms with Crippen molar-refractivity contribution in [1.29, 1.82) is 0 Å². The zero-order chi connectivity index (χ0) is 11.1. The second-order valence-corrected chi connectivity index (χ2v) is 3.59. The summed E-state index contributed by atoms with van der Waals surface area (Å²) in [5, 5.41) is 3.59. The maximum Gasteiger partial charge on any atom is 0.267 e. The zero-order valence-corrected chi connectivity index (χ0v) is 9.57. The van der Waals surface area contributed by atoms with Gasteiger partial charge in [0.05, 0.1) is 6.20 Å². The van der Waals surface area contributed by atoms with Crippen molar-refractivity contribution in [3.63, 3.8) is 0 Å². The second-order valence-electron chi connectivity index (χ2n) is 2.79. The van der Waals surface area contributed by atoms with E-state index in [1.54, 1.807) is 0 Å². The molecule has 4 nitrogen and oxygen atoms in total. The number of aromatic nitrogens is 2. The summed E-state index contributed by atoms with van der Waals surface area (Å²) in [5.41, 5.74) is 0.246. The Bertz CT molecular complexity index is 430. The predicted molar refractivity (Wildman–Crippen MR) is 62.1 cm³/mol. The van der Waals surface area contributed by atoms with Gasteiger partial charge in [-0.05, 0) is 13.3 Å². The summed E-state index contributed by atoms with van der Waals surface area (Å²) in [6.07, 6.45) is 4.09. The molecule has 0 spiro atoms. The molecule has 0 aliphatic heterocycles. The Hall–Kier alpha value is -1.25. The molecular formula is C10H13N3OS. The number of H-pyrrole nitrogens is 1. The molecule has 1 aromatic heterocycles. The number of nitrogens with one attached hydrogen (secondary N) is 2. The van der Waals surface area contributed by atoms with Gasteiger partial charge in [0.25, 0.3) is 5.56 Å². The highest BCUT2D eigenvalue weighted by molar-refractivity contribution is 7.98. The Morgan fingerprint density at radius 1 is 1.67 bits per heavy atom. The van der Waals surface area contributed by atoms with Gasteiger partial charge in [0.15, 0.2) is 5.16 Å². The van der Waals surface area contributed by atoms with Crippen LogP contribution in [0.25, 0.3) is 0 Å². The van der Waals surface area contributed by atoms with Gasteiger partial charge in [-0.25, -0.2) is 4.98 Å². The Balaban J connectivity index is 2.77. The van der Waals surface area contributed by atoms with E-state index in [2.05, 4.69) is 27.1 Å². The largest absolute Gasteiger partial charge is 0.319 e. The lowest BCUT2D eigenvalue weighted by atomic mass is 10.3. The lowest BCUT2D eigenvalue weighted by Crippen LogP contribution is -2.12.